The van der Waals surface area contributed by atoms with E-state index < -0.39 is 0 Å². The van der Waals surface area contributed by atoms with Crippen LogP contribution in [-0.4, -0.2) is 79.2 Å². The maximum atomic E-state index is 13.0. The van der Waals surface area contributed by atoms with Crippen LogP contribution in [0, 0.1) is 0 Å². The second-order valence-corrected chi connectivity index (χ2v) is 7.65. The summed E-state index contributed by atoms with van der Waals surface area (Å²) < 4.78 is 0. The maximum absolute atomic E-state index is 13.0. The second kappa shape index (κ2) is 6.88. The largest absolute Gasteiger partial charge is 0.396 e. The first kappa shape index (κ1) is 16.7. The van der Waals surface area contributed by atoms with Gasteiger partial charge >= 0.3 is 6.03 Å². The van der Waals surface area contributed by atoms with Crippen LogP contribution in [0.5, 0.6) is 0 Å². The Morgan fingerprint density at radius 2 is 1.84 bits per heavy atom. The number of rotatable bonds is 1. The molecule has 0 saturated carbocycles. The van der Waals surface area contributed by atoms with Crippen LogP contribution in [0.1, 0.15) is 12.8 Å². The summed E-state index contributed by atoms with van der Waals surface area (Å²) in [4.78, 5) is 25.0. The molecule has 0 atom stereocenters. The zero-order chi connectivity index (χ0) is 17.4. The number of fused-ring (bicyclic) bond motifs is 4. The highest BCUT2D eigenvalue weighted by molar-refractivity contribution is 6.33. The zero-order valence-electron chi connectivity index (χ0n) is 14.5. The molecule has 7 nitrogen and oxygen atoms in total. The second-order valence-electron chi connectivity index (χ2n) is 7.24. The van der Waals surface area contributed by atoms with Gasteiger partial charge in [0, 0.05) is 51.3 Å². The number of anilines is 2. The van der Waals surface area contributed by atoms with Gasteiger partial charge in [-0.15, -0.1) is 0 Å². The summed E-state index contributed by atoms with van der Waals surface area (Å²) in [7, 11) is 0. The highest BCUT2D eigenvalue weighted by atomic mass is 35.5. The molecule has 5 heterocycles. The molecule has 2 bridgehead atoms. The molecule has 136 valence electrons. The fraction of sp³-hybridized carbons (Fsp3) is 0.647. The van der Waals surface area contributed by atoms with Crippen molar-refractivity contribution in [3.05, 3.63) is 17.4 Å². The minimum atomic E-state index is 0.210. The van der Waals surface area contributed by atoms with Gasteiger partial charge in [-0.2, -0.15) is 0 Å². The van der Waals surface area contributed by atoms with Gasteiger partial charge in [-0.05, 0) is 0 Å². The monoisotopic (exact) mass is 365 g/mol. The van der Waals surface area contributed by atoms with Crippen molar-refractivity contribution >= 4 is 29.0 Å². The van der Waals surface area contributed by atoms with Crippen LogP contribution in [-0.2, 0) is 0 Å². The van der Waals surface area contributed by atoms with E-state index in [1.165, 1.54) is 13.1 Å². The number of carbonyl (C=O) groups is 1. The lowest BCUT2D eigenvalue weighted by Crippen LogP contribution is -3.13. The van der Waals surface area contributed by atoms with Gasteiger partial charge < -0.3 is 25.3 Å². The number of halogens is 1. The summed E-state index contributed by atoms with van der Waals surface area (Å²) in [5.74, 6) is 0. The molecule has 0 spiro atoms. The number of amides is 2. The smallest absolute Gasteiger partial charge is 0.320 e. The van der Waals surface area contributed by atoms with Gasteiger partial charge in [-0.25, -0.2) is 4.79 Å². The first-order valence-electron chi connectivity index (χ1n) is 9.16. The van der Waals surface area contributed by atoms with Crippen LogP contribution in [0.25, 0.3) is 0 Å². The fourth-order valence-corrected chi connectivity index (χ4v) is 4.65. The van der Waals surface area contributed by atoms with Crippen molar-refractivity contribution in [2.45, 2.75) is 18.9 Å². The van der Waals surface area contributed by atoms with Gasteiger partial charge in [0.1, 0.15) is 0 Å². The quantitative estimate of drug-likeness (QED) is 0.730. The number of pyridine rings is 1. The number of aromatic nitrogens is 1. The van der Waals surface area contributed by atoms with Crippen molar-refractivity contribution in [2.75, 3.05) is 63.0 Å². The molecule has 0 aliphatic carbocycles. The standard InChI is InChI=1S/C17H25ClN6O/c18-14-11-20-12-15(19)16(14)22-6-8-23(9-7-22)17(25)24-10-5-21-3-1-13(24)2-4-21/h11-13H,1-10,19H2/p+1. The highest BCUT2D eigenvalue weighted by Crippen LogP contribution is 2.31. The normalized spacial score (nSPS) is 26.7. The van der Waals surface area contributed by atoms with Crippen LogP contribution in [0.15, 0.2) is 12.4 Å². The lowest BCUT2D eigenvalue weighted by Gasteiger charge is -2.40. The summed E-state index contributed by atoms with van der Waals surface area (Å²) in [5, 5.41) is 0.571. The van der Waals surface area contributed by atoms with Gasteiger partial charge in [0.05, 0.1) is 48.8 Å². The average Bonchev–Trinajstić information content (AvgIpc) is 2.95. The van der Waals surface area contributed by atoms with E-state index in [9.17, 15) is 4.79 Å². The predicted octanol–water partition coefficient (Wildman–Crippen LogP) is -0.0779. The molecule has 1 aromatic rings. The van der Waals surface area contributed by atoms with E-state index in [-0.39, 0.29) is 6.03 Å². The molecular formula is C17H26ClN6O+. The molecule has 8 heteroatoms. The van der Waals surface area contributed by atoms with Gasteiger partial charge in [0.25, 0.3) is 0 Å². The van der Waals surface area contributed by atoms with Gasteiger partial charge in [0.15, 0.2) is 0 Å². The van der Waals surface area contributed by atoms with Crippen molar-refractivity contribution < 1.29 is 9.69 Å². The lowest BCUT2D eigenvalue weighted by atomic mass is 10.1. The van der Waals surface area contributed by atoms with Crippen LogP contribution in [0.3, 0.4) is 0 Å². The van der Waals surface area contributed by atoms with Gasteiger partial charge in [-0.1, -0.05) is 11.6 Å². The number of quaternary nitrogens is 1. The van der Waals surface area contributed by atoms with Crippen molar-refractivity contribution in [2.24, 2.45) is 0 Å². The Morgan fingerprint density at radius 1 is 1.12 bits per heavy atom. The Bertz CT molecular complexity index is 620. The molecule has 0 unspecified atom stereocenters. The van der Waals surface area contributed by atoms with Crippen molar-refractivity contribution in [3.63, 3.8) is 0 Å². The molecule has 4 saturated heterocycles. The van der Waals surface area contributed by atoms with Crippen LogP contribution < -0.4 is 15.5 Å². The van der Waals surface area contributed by atoms with Crippen molar-refractivity contribution in [3.8, 4) is 0 Å². The van der Waals surface area contributed by atoms with E-state index in [2.05, 4.69) is 14.8 Å². The van der Waals surface area contributed by atoms with Crippen molar-refractivity contribution in [1.29, 1.82) is 0 Å². The summed E-state index contributed by atoms with van der Waals surface area (Å²) >= 11 is 6.27. The predicted molar refractivity (Wildman–Crippen MR) is 98.1 cm³/mol. The third-order valence-corrected chi connectivity index (χ3v) is 6.10. The number of hydrogen-bond acceptors (Lipinski definition) is 4. The fourth-order valence-electron chi connectivity index (χ4n) is 4.37. The van der Waals surface area contributed by atoms with E-state index in [1.54, 1.807) is 17.3 Å². The maximum Gasteiger partial charge on any atom is 0.320 e. The summed E-state index contributed by atoms with van der Waals surface area (Å²) in [6.07, 6.45) is 5.54. The van der Waals surface area contributed by atoms with E-state index in [0.29, 0.717) is 29.8 Å². The summed E-state index contributed by atoms with van der Waals surface area (Å²) in [6, 6.07) is 0.642. The molecule has 4 aliphatic rings. The SMILES string of the molecule is Nc1cncc(Cl)c1N1CCN(C(=O)N2CC[NH+]3CCC2CC3)CC1. The number of carbonyl (C=O) groups excluding carboxylic acids is 1. The number of hydrogen-bond donors (Lipinski definition) is 2. The molecular weight excluding hydrogens is 340 g/mol. The van der Waals surface area contributed by atoms with E-state index >= 15 is 0 Å². The molecule has 5 rings (SSSR count). The molecule has 0 aromatic carbocycles. The molecule has 4 fully saturated rings. The number of piperazine rings is 1. The Balaban J connectivity index is 1.41. The lowest BCUT2D eigenvalue weighted by molar-refractivity contribution is -0.901. The third-order valence-electron chi connectivity index (χ3n) is 5.82. The van der Waals surface area contributed by atoms with Gasteiger partial charge in [0.2, 0.25) is 0 Å². The van der Waals surface area contributed by atoms with E-state index in [4.69, 9.17) is 17.3 Å². The summed E-state index contributed by atoms with van der Waals surface area (Å²) in [6.45, 7) is 7.30. The van der Waals surface area contributed by atoms with E-state index in [0.717, 1.165) is 44.7 Å². The average molecular weight is 366 g/mol. The number of nitrogens with zero attached hydrogens (tertiary/aromatic N) is 4. The Hall–Kier alpha value is -1.73. The third kappa shape index (κ3) is 3.22. The Kier molecular flexibility index (Phi) is 4.60. The first-order chi connectivity index (χ1) is 12.1. The number of piperidine rings is 1. The molecule has 3 N–H and O–H groups in total. The Morgan fingerprint density at radius 3 is 2.52 bits per heavy atom. The molecule has 4 aliphatic heterocycles. The van der Waals surface area contributed by atoms with Crippen LogP contribution >= 0.6 is 11.6 Å². The van der Waals surface area contributed by atoms with Gasteiger partial charge in [-0.3, -0.25) is 4.98 Å². The van der Waals surface area contributed by atoms with Crippen LogP contribution in [0.2, 0.25) is 5.02 Å². The summed E-state index contributed by atoms with van der Waals surface area (Å²) in [5.41, 5.74) is 7.47. The van der Waals surface area contributed by atoms with Crippen molar-refractivity contribution in [1.82, 2.24) is 14.8 Å². The minimum Gasteiger partial charge on any atom is -0.396 e. The number of urea groups is 1. The number of nitrogen functional groups attached to an aromatic ring is 1. The topological polar surface area (TPSA) is 70.1 Å². The first-order valence-corrected chi connectivity index (χ1v) is 9.54. The zero-order valence-corrected chi connectivity index (χ0v) is 15.2. The van der Waals surface area contributed by atoms with E-state index in [1.807, 2.05) is 4.90 Å². The van der Waals surface area contributed by atoms with Crippen LogP contribution in [0.4, 0.5) is 16.2 Å². The highest BCUT2D eigenvalue weighted by Gasteiger charge is 2.37. The molecule has 2 amide bonds. The Labute approximate surface area is 153 Å². The molecule has 0 radical (unpaired) electrons. The number of nitrogens with two attached hydrogens (primary N) is 1. The number of nitrogens with one attached hydrogen (secondary N) is 1. The molecule has 1 aromatic heterocycles. The molecule has 25 heavy (non-hydrogen) atoms. The minimum absolute atomic E-state index is 0.210.